The van der Waals surface area contributed by atoms with Crippen molar-refractivity contribution < 1.29 is 14.8 Å². The molecule has 1 aromatic rings. The third-order valence-electron chi connectivity index (χ3n) is 1.30. The Kier molecular flexibility index (Phi) is 2.38. The molecule has 0 amide bonds. The number of nitro groups is 1. The standard InChI is InChI=1S/C6H5N3O4/c10-3-6(4-11)8-2-5(1-7-8)9(12)13/h1-4,10H. The molecule has 0 fully saturated rings. The summed E-state index contributed by atoms with van der Waals surface area (Å²) in [6.45, 7) is 0. The first-order chi connectivity index (χ1) is 6.19. The Hall–Kier alpha value is -2.18. The van der Waals surface area contributed by atoms with Gasteiger partial charge in [0, 0.05) is 0 Å². The number of hydrogen-bond donors (Lipinski definition) is 1. The lowest BCUT2D eigenvalue weighted by Gasteiger charge is -1.93. The average Bonchev–Trinajstić information content (AvgIpc) is 2.56. The molecule has 7 nitrogen and oxygen atoms in total. The molecule has 0 bridgehead atoms. The fraction of sp³-hybridized carbons (Fsp3) is 0. The highest BCUT2D eigenvalue weighted by molar-refractivity contribution is 5.97. The second kappa shape index (κ2) is 3.48. The molecule has 0 aliphatic heterocycles. The third kappa shape index (κ3) is 1.70. The molecule has 7 heteroatoms. The zero-order chi connectivity index (χ0) is 9.84. The number of allylic oxidation sites excluding steroid dienone is 1. The number of aldehydes is 1. The predicted molar refractivity (Wildman–Crippen MR) is 41.8 cm³/mol. The molecule has 0 unspecified atom stereocenters. The summed E-state index contributed by atoms with van der Waals surface area (Å²) in [6, 6.07) is 0. The van der Waals surface area contributed by atoms with E-state index in [1.165, 1.54) is 0 Å². The maximum Gasteiger partial charge on any atom is 0.307 e. The first-order valence-corrected chi connectivity index (χ1v) is 3.18. The molecule has 1 heterocycles. The van der Waals surface area contributed by atoms with Gasteiger partial charge in [0.1, 0.15) is 24.4 Å². The summed E-state index contributed by atoms with van der Waals surface area (Å²) in [6.07, 6.45) is 2.85. The van der Waals surface area contributed by atoms with Crippen LogP contribution in [0, 0.1) is 10.1 Å². The zero-order valence-corrected chi connectivity index (χ0v) is 6.32. The van der Waals surface area contributed by atoms with Gasteiger partial charge in [0.15, 0.2) is 6.29 Å². The highest BCUT2D eigenvalue weighted by atomic mass is 16.6. The summed E-state index contributed by atoms with van der Waals surface area (Å²) in [4.78, 5) is 19.8. The SMILES string of the molecule is O=CC(=CO)n1cc([N+](=O)[O-])cn1. The second-order valence-electron chi connectivity index (χ2n) is 2.07. The van der Waals surface area contributed by atoms with Crippen LogP contribution in [0.25, 0.3) is 5.70 Å². The van der Waals surface area contributed by atoms with Crippen molar-refractivity contribution in [3.63, 3.8) is 0 Å². The normalized spacial score (nSPS) is 11.2. The van der Waals surface area contributed by atoms with Crippen LogP contribution in [0.15, 0.2) is 18.7 Å². The molecule has 13 heavy (non-hydrogen) atoms. The summed E-state index contributed by atoms with van der Waals surface area (Å²) < 4.78 is 0.908. The highest BCUT2D eigenvalue weighted by Crippen LogP contribution is 2.10. The van der Waals surface area contributed by atoms with E-state index >= 15 is 0 Å². The van der Waals surface area contributed by atoms with Crippen molar-refractivity contribution in [1.29, 1.82) is 0 Å². The van der Waals surface area contributed by atoms with E-state index in [1.807, 2.05) is 0 Å². The van der Waals surface area contributed by atoms with Crippen molar-refractivity contribution in [2.75, 3.05) is 0 Å². The molecule has 0 saturated heterocycles. The molecule has 0 saturated carbocycles. The van der Waals surface area contributed by atoms with Gasteiger partial charge in [-0.05, 0) is 0 Å². The minimum absolute atomic E-state index is 0.173. The molecule has 1 N–H and O–H groups in total. The fourth-order valence-corrected chi connectivity index (χ4v) is 0.692. The van der Waals surface area contributed by atoms with Gasteiger partial charge in [-0.25, -0.2) is 4.68 Å². The minimum atomic E-state index is -0.650. The van der Waals surface area contributed by atoms with Crippen molar-refractivity contribution in [2.24, 2.45) is 0 Å². The summed E-state index contributed by atoms with van der Waals surface area (Å²) in [5, 5.41) is 22.2. The summed E-state index contributed by atoms with van der Waals surface area (Å²) in [5.41, 5.74) is -0.422. The van der Waals surface area contributed by atoms with Gasteiger partial charge in [-0.3, -0.25) is 14.9 Å². The monoisotopic (exact) mass is 183 g/mol. The topological polar surface area (TPSA) is 98.3 Å². The van der Waals surface area contributed by atoms with Gasteiger partial charge < -0.3 is 5.11 Å². The molecule has 0 aliphatic rings. The van der Waals surface area contributed by atoms with Crippen LogP contribution in [-0.2, 0) is 4.79 Å². The Morgan fingerprint density at radius 1 is 1.77 bits per heavy atom. The fourth-order valence-electron chi connectivity index (χ4n) is 0.692. The van der Waals surface area contributed by atoms with E-state index in [1.54, 1.807) is 0 Å². The molecular weight excluding hydrogens is 178 g/mol. The second-order valence-corrected chi connectivity index (χ2v) is 2.07. The van der Waals surface area contributed by atoms with E-state index in [4.69, 9.17) is 5.11 Å². The molecule has 1 aromatic heterocycles. The van der Waals surface area contributed by atoms with Gasteiger partial charge in [0.25, 0.3) is 0 Å². The van der Waals surface area contributed by atoms with Gasteiger partial charge >= 0.3 is 5.69 Å². The predicted octanol–water partition coefficient (Wildman–Crippen LogP) is 0.347. The first-order valence-electron chi connectivity index (χ1n) is 3.18. The average molecular weight is 183 g/mol. The van der Waals surface area contributed by atoms with E-state index < -0.39 is 4.92 Å². The van der Waals surface area contributed by atoms with Crippen molar-refractivity contribution >= 4 is 17.7 Å². The number of hydrogen-bond acceptors (Lipinski definition) is 5. The Labute approximate surface area is 72.1 Å². The Balaban J connectivity index is 3.04. The van der Waals surface area contributed by atoms with Crippen LogP contribution in [0.3, 0.4) is 0 Å². The van der Waals surface area contributed by atoms with Crippen LogP contribution in [0.1, 0.15) is 0 Å². The third-order valence-corrected chi connectivity index (χ3v) is 1.30. The van der Waals surface area contributed by atoms with Gasteiger partial charge in [-0.2, -0.15) is 5.10 Å². The van der Waals surface area contributed by atoms with E-state index in [9.17, 15) is 14.9 Å². The van der Waals surface area contributed by atoms with Crippen molar-refractivity contribution in [3.05, 3.63) is 28.8 Å². The molecule has 0 spiro atoms. The lowest BCUT2D eigenvalue weighted by atomic mass is 10.5. The molecule has 1 rings (SSSR count). The van der Waals surface area contributed by atoms with Crippen LogP contribution >= 0.6 is 0 Å². The number of rotatable bonds is 3. The lowest BCUT2D eigenvalue weighted by molar-refractivity contribution is -0.384. The quantitative estimate of drug-likeness (QED) is 0.239. The minimum Gasteiger partial charge on any atom is -0.513 e. The van der Waals surface area contributed by atoms with Gasteiger partial charge in [-0.15, -0.1) is 0 Å². The Morgan fingerprint density at radius 3 is 2.85 bits per heavy atom. The molecule has 0 radical (unpaired) electrons. The Bertz CT molecular complexity index is 368. The van der Waals surface area contributed by atoms with E-state index in [0.717, 1.165) is 17.1 Å². The number of nitrogens with zero attached hydrogens (tertiary/aromatic N) is 3. The molecule has 0 aliphatic carbocycles. The van der Waals surface area contributed by atoms with E-state index in [2.05, 4.69) is 5.10 Å². The summed E-state index contributed by atoms with van der Waals surface area (Å²) in [5.74, 6) is 0. The van der Waals surface area contributed by atoms with Gasteiger partial charge in [0.2, 0.25) is 0 Å². The smallest absolute Gasteiger partial charge is 0.307 e. The summed E-state index contributed by atoms with van der Waals surface area (Å²) in [7, 11) is 0. The highest BCUT2D eigenvalue weighted by Gasteiger charge is 2.10. The largest absolute Gasteiger partial charge is 0.513 e. The van der Waals surface area contributed by atoms with Crippen molar-refractivity contribution in [2.45, 2.75) is 0 Å². The zero-order valence-electron chi connectivity index (χ0n) is 6.32. The van der Waals surface area contributed by atoms with E-state index in [-0.39, 0.29) is 11.4 Å². The van der Waals surface area contributed by atoms with Crippen LogP contribution in [0.5, 0.6) is 0 Å². The number of aromatic nitrogens is 2. The molecule has 68 valence electrons. The van der Waals surface area contributed by atoms with E-state index in [0.29, 0.717) is 12.5 Å². The van der Waals surface area contributed by atoms with Gasteiger partial charge in [0.05, 0.1) is 4.92 Å². The molecular formula is C6H5N3O4. The van der Waals surface area contributed by atoms with Crippen LogP contribution in [-0.4, -0.2) is 26.1 Å². The Morgan fingerprint density at radius 2 is 2.46 bits per heavy atom. The molecule has 0 atom stereocenters. The number of carbonyl (C=O) groups is 1. The maximum atomic E-state index is 10.3. The van der Waals surface area contributed by atoms with Gasteiger partial charge in [-0.1, -0.05) is 0 Å². The summed E-state index contributed by atoms with van der Waals surface area (Å²) >= 11 is 0. The first kappa shape index (κ1) is 8.91. The maximum absolute atomic E-state index is 10.3. The van der Waals surface area contributed by atoms with Crippen molar-refractivity contribution in [1.82, 2.24) is 9.78 Å². The molecule has 0 aromatic carbocycles. The number of carbonyl (C=O) groups excluding carboxylic acids is 1. The van der Waals surface area contributed by atoms with Crippen molar-refractivity contribution in [3.8, 4) is 0 Å². The lowest BCUT2D eigenvalue weighted by Crippen LogP contribution is -1.98. The number of aliphatic hydroxyl groups is 1. The van der Waals surface area contributed by atoms with Crippen LogP contribution < -0.4 is 0 Å². The van der Waals surface area contributed by atoms with Crippen LogP contribution in [0.4, 0.5) is 5.69 Å². The van der Waals surface area contributed by atoms with Crippen LogP contribution in [0.2, 0.25) is 0 Å². The number of aliphatic hydroxyl groups excluding tert-OH is 1.